The molecule has 0 bridgehead atoms. The molecule has 6 atom stereocenters. The average Bonchev–Trinajstić information content (AvgIpc) is 3.22. The van der Waals surface area contributed by atoms with Gasteiger partial charge in [0.15, 0.2) is 0 Å². The summed E-state index contributed by atoms with van der Waals surface area (Å²) < 4.78 is 124. The van der Waals surface area contributed by atoms with Gasteiger partial charge in [0.25, 0.3) is 0 Å². The van der Waals surface area contributed by atoms with E-state index in [1.165, 1.54) is 0 Å². The lowest BCUT2D eigenvalue weighted by Crippen LogP contribution is -2.57. The molecule has 250 valence electrons. The molecule has 0 amide bonds. The lowest BCUT2D eigenvalue weighted by Gasteiger charge is -2.57. The summed E-state index contributed by atoms with van der Waals surface area (Å²) in [5.41, 5.74) is 1.87. The molecule has 44 heavy (non-hydrogen) atoms. The van der Waals surface area contributed by atoms with E-state index in [1.54, 1.807) is 12.1 Å². The fraction of sp³-hybridized carbons (Fsp3) is 0.733. The van der Waals surface area contributed by atoms with Crippen molar-refractivity contribution in [3.05, 3.63) is 41.5 Å². The van der Waals surface area contributed by atoms with Crippen molar-refractivity contribution in [3.63, 3.8) is 0 Å². The number of aliphatic hydroxyl groups excluding tert-OH is 2. The summed E-state index contributed by atoms with van der Waals surface area (Å²) in [6.45, 7) is 2.14. The predicted octanol–water partition coefficient (Wildman–Crippen LogP) is 7.58. The first-order valence-electron chi connectivity index (χ1n) is 15.0. The number of allylic oxidation sites excluding steroid dienone is 2. The average molecular weight is 660 g/mol. The molecule has 0 aliphatic heterocycles. The normalized spacial score (nSPS) is 30.1. The zero-order valence-corrected chi connectivity index (χ0v) is 25.2. The van der Waals surface area contributed by atoms with Crippen molar-refractivity contribution in [1.82, 2.24) is 0 Å². The number of rotatable bonds is 12. The minimum Gasteiger partial charge on any atom is -0.393 e. The van der Waals surface area contributed by atoms with E-state index in [1.807, 2.05) is 6.07 Å². The van der Waals surface area contributed by atoms with Crippen LogP contribution in [0.4, 0.5) is 36.4 Å². The highest BCUT2D eigenvalue weighted by molar-refractivity contribution is 7.87. The van der Waals surface area contributed by atoms with Crippen molar-refractivity contribution in [2.45, 2.75) is 120 Å². The molecular formula is C30H40F7NO5S. The summed E-state index contributed by atoms with van der Waals surface area (Å²) >= 11 is 0. The SMILES string of the molecule is C[C@]12CCC3c4ccc(NS(=O)(=O)O)cc4CCC3(C=CCCCCCC[C@H](O)C(F)(F)C(F)(F)C(F)(F)F)C1CC[C@@H]2O. The molecule has 0 saturated heterocycles. The molecule has 0 spiro atoms. The number of fused-ring (bicyclic) bond motifs is 5. The van der Waals surface area contributed by atoms with E-state index in [-0.39, 0.29) is 41.2 Å². The van der Waals surface area contributed by atoms with Gasteiger partial charge in [0, 0.05) is 0 Å². The molecule has 14 heteroatoms. The summed E-state index contributed by atoms with van der Waals surface area (Å²) in [5.74, 6) is -11.6. The fourth-order valence-electron chi connectivity index (χ4n) is 8.08. The monoisotopic (exact) mass is 659 g/mol. The molecule has 0 aromatic heterocycles. The molecule has 2 saturated carbocycles. The van der Waals surface area contributed by atoms with Gasteiger partial charge < -0.3 is 10.2 Å². The highest BCUT2D eigenvalue weighted by Crippen LogP contribution is 2.67. The van der Waals surface area contributed by atoms with Gasteiger partial charge in [-0.2, -0.15) is 39.2 Å². The van der Waals surface area contributed by atoms with Crippen molar-refractivity contribution < 1.29 is 53.9 Å². The maximum atomic E-state index is 13.6. The van der Waals surface area contributed by atoms with E-state index in [9.17, 15) is 53.9 Å². The van der Waals surface area contributed by atoms with Gasteiger partial charge in [-0.05, 0) is 104 Å². The Labute approximate surface area is 253 Å². The lowest BCUT2D eigenvalue weighted by atomic mass is 9.47. The molecule has 2 fully saturated rings. The van der Waals surface area contributed by atoms with E-state index < -0.39 is 47.0 Å². The Morgan fingerprint density at radius 1 is 1.02 bits per heavy atom. The first kappa shape index (κ1) is 35.0. The van der Waals surface area contributed by atoms with Crippen LogP contribution >= 0.6 is 0 Å². The van der Waals surface area contributed by atoms with Crippen LogP contribution in [-0.4, -0.2) is 53.4 Å². The number of hydrogen-bond donors (Lipinski definition) is 4. The molecular weight excluding hydrogens is 619 g/mol. The highest BCUT2D eigenvalue weighted by Gasteiger charge is 2.75. The Balaban J connectivity index is 1.39. The molecule has 6 nitrogen and oxygen atoms in total. The lowest BCUT2D eigenvalue weighted by molar-refractivity contribution is -0.371. The topological polar surface area (TPSA) is 107 Å². The van der Waals surface area contributed by atoms with Crippen LogP contribution in [0.1, 0.15) is 94.6 Å². The van der Waals surface area contributed by atoms with Crippen LogP contribution in [-0.2, 0) is 16.7 Å². The summed E-state index contributed by atoms with van der Waals surface area (Å²) in [6.07, 6.45) is -0.0584. The summed E-state index contributed by atoms with van der Waals surface area (Å²) in [5, 5.41) is 20.3. The van der Waals surface area contributed by atoms with E-state index in [0.717, 1.165) is 36.8 Å². The Hall–Kier alpha value is -1.90. The smallest absolute Gasteiger partial charge is 0.393 e. The molecule has 1 aromatic carbocycles. The first-order chi connectivity index (χ1) is 20.3. The maximum Gasteiger partial charge on any atom is 0.459 e. The van der Waals surface area contributed by atoms with Crippen LogP contribution in [0.3, 0.4) is 0 Å². The van der Waals surface area contributed by atoms with E-state index in [0.29, 0.717) is 32.1 Å². The fourth-order valence-corrected chi connectivity index (χ4v) is 8.50. The second-order valence-corrected chi connectivity index (χ2v) is 14.1. The van der Waals surface area contributed by atoms with E-state index in [2.05, 4.69) is 23.8 Å². The second-order valence-electron chi connectivity index (χ2n) is 13.0. The highest BCUT2D eigenvalue weighted by atomic mass is 32.2. The van der Waals surface area contributed by atoms with Crippen LogP contribution in [0, 0.1) is 16.7 Å². The van der Waals surface area contributed by atoms with E-state index in [4.69, 9.17) is 0 Å². The van der Waals surface area contributed by atoms with Crippen molar-refractivity contribution in [3.8, 4) is 0 Å². The molecule has 3 aliphatic rings. The molecule has 4 N–H and O–H groups in total. The van der Waals surface area contributed by atoms with Gasteiger partial charge in [-0.3, -0.25) is 9.27 Å². The summed E-state index contributed by atoms with van der Waals surface area (Å²) in [4.78, 5) is 0. The van der Waals surface area contributed by atoms with Crippen molar-refractivity contribution >= 4 is 16.0 Å². The molecule has 4 rings (SSSR count). The number of unbranched alkanes of at least 4 members (excludes halogenated alkanes) is 4. The van der Waals surface area contributed by atoms with Gasteiger partial charge in [0.2, 0.25) is 0 Å². The number of anilines is 1. The number of alkyl halides is 7. The van der Waals surface area contributed by atoms with E-state index >= 15 is 0 Å². The molecule has 0 radical (unpaired) electrons. The number of benzene rings is 1. The zero-order valence-electron chi connectivity index (χ0n) is 24.4. The van der Waals surface area contributed by atoms with Crippen molar-refractivity contribution in [2.75, 3.05) is 4.72 Å². The van der Waals surface area contributed by atoms with Gasteiger partial charge in [0.1, 0.15) is 6.10 Å². The predicted molar refractivity (Wildman–Crippen MR) is 150 cm³/mol. The van der Waals surface area contributed by atoms with Gasteiger partial charge in [-0.15, -0.1) is 0 Å². The third kappa shape index (κ3) is 6.50. The van der Waals surface area contributed by atoms with Crippen LogP contribution in [0.15, 0.2) is 30.4 Å². The Bertz CT molecular complexity index is 1320. The number of aryl methyl sites for hydroxylation is 1. The maximum absolute atomic E-state index is 13.6. The Kier molecular flexibility index (Phi) is 9.83. The standard InChI is InChI=1S/C30H40F7NO5S/c1-26-16-14-22-21-10-9-20(38-44(41,42)43)18-19(21)13-17-27(22,23(26)11-12-24(26)39)15-7-5-3-2-4-6-8-25(40)28(31,32)29(33,34)30(35,36)37/h7,9-10,15,18,22-25,38-40H,2-6,8,11-14,16-17H2,1H3,(H,41,42,43)/t22?,23?,24-,25-,26-,27?/m0/s1. The summed E-state index contributed by atoms with van der Waals surface area (Å²) in [7, 11) is -4.42. The zero-order chi connectivity index (χ0) is 32.8. The van der Waals surface area contributed by atoms with Crippen molar-refractivity contribution in [1.29, 1.82) is 0 Å². The van der Waals surface area contributed by atoms with Gasteiger partial charge >= 0.3 is 28.3 Å². The second kappa shape index (κ2) is 12.4. The molecule has 3 unspecified atom stereocenters. The third-order valence-corrected chi connectivity index (χ3v) is 10.9. The Morgan fingerprint density at radius 2 is 1.70 bits per heavy atom. The van der Waals surface area contributed by atoms with Gasteiger partial charge in [0.05, 0.1) is 11.8 Å². The molecule has 0 heterocycles. The number of aliphatic hydroxyl groups is 2. The third-order valence-electron chi connectivity index (χ3n) is 10.4. The quantitative estimate of drug-likeness (QED) is 0.0802. The largest absolute Gasteiger partial charge is 0.459 e. The van der Waals surface area contributed by atoms with Gasteiger partial charge in [-0.1, -0.05) is 44.4 Å². The Morgan fingerprint density at radius 3 is 2.36 bits per heavy atom. The van der Waals surface area contributed by atoms with Crippen LogP contribution in [0.25, 0.3) is 0 Å². The van der Waals surface area contributed by atoms with Crippen molar-refractivity contribution in [2.24, 2.45) is 16.7 Å². The minimum atomic E-state index is -6.47. The van der Waals surface area contributed by atoms with Crippen LogP contribution < -0.4 is 4.72 Å². The first-order valence-corrected chi connectivity index (χ1v) is 16.4. The van der Waals surface area contributed by atoms with Crippen LogP contribution in [0.2, 0.25) is 0 Å². The van der Waals surface area contributed by atoms with Gasteiger partial charge in [-0.25, -0.2) is 0 Å². The summed E-state index contributed by atoms with van der Waals surface area (Å²) in [6, 6.07) is 5.26. The number of hydrogen-bond acceptors (Lipinski definition) is 4. The molecule has 1 aromatic rings. The number of halogens is 7. The minimum absolute atomic E-state index is 0.128. The molecule has 3 aliphatic carbocycles. The number of nitrogens with one attached hydrogen (secondary N) is 1. The van der Waals surface area contributed by atoms with Crippen LogP contribution in [0.5, 0.6) is 0 Å².